The number of hydrogen-bond donors (Lipinski definition) is 1. The van der Waals surface area contributed by atoms with E-state index in [4.69, 9.17) is 5.11 Å². The summed E-state index contributed by atoms with van der Waals surface area (Å²) in [5.41, 5.74) is 3.07. The number of Topliss-reactive ketones (excluding diaryl/α,β-unsaturated/α-hetero) is 1. The van der Waals surface area contributed by atoms with Crippen molar-refractivity contribution in [3.05, 3.63) is 34.9 Å². The van der Waals surface area contributed by atoms with Crippen LogP contribution in [0.4, 0.5) is 0 Å². The summed E-state index contributed by atoms with van der Waals surface area (Å²) in [5, 5.41) is 8.71. The highest BCUT2D eigenvalue weighted by atomic mass is 16.2. The van der Waals surface area contributed by atoms with Crippen LogP contribution in [0.25, 0.3) is 0 Å². The van der Waals surface area contributed by atoms with Gasteiger partial charge in [0.1, 0.15) is 0 Å². The number of aliphatic hydroxyl groups is 1. The van der Waals surface area contributed by atoms with Crippen LogP contribution in [-0.2, 0) is 0 Å². The van der Waals surface area contributed by atoms with E-state index >= 15 is 0 Å². The van der Waals surface area contributed by atoms with Gasteiger partial charge in [0.15, 0.2) is 5.78 Å². The molecular formula is C16H25NO2. The Kier molecular flexibility index (Phi) is 6.74. The fraction of sp³-hybridized carbons (Fsp3) is 0.562. The lowest BCUT2D eigenvalue weighted by Crippen LogP contribution is -2.27. The minimum atomic E-state index is 0.183. The number of carbonyl (C=O) groups excluding carboxylic acids is 1. The molecule has 0 aromatic heterocycles. The summed E-state index contributed by atoms with van der Waals surface area (Å²) in [6.45, 7) is 5.64. The average Bonchev–Trinajstić information content (AvgIpc) is 2.34. The van der Waals surface area contributed by atoms with E-state index < -0.39 is 0 Å². The first-order valence-electron chi connectivity index (χ1n) is 6.94. The van der Waals surface area contributed by atoms with E-state index in [9.17, 15) is 4.79 Å². The normalized spacial score (nSPS) is 11.0. The van der Waals surface area contributed by atoms with Crippen LogP contribution in [0.2, 0.25) is 0 Å². The topological polar surface area (TPSA) is 40.5 Å². The summed E-state index contributed by atoms with van der Waals surface area (Å²) in [6, 6.07) is 5.96. The summed E-state index contributed by atoms with van der Waals surface area (Å²) in [5.74, 6) is 0.183. The number of likely N-dealkylation sites (N-methyl/N-ethyl adjacent to an activating group) is 1. The molecule has 0 aliphatic carbocycles. The number of nitrogens with zero attached hydrogens (tertiary/aromatic N) is 1. The SMILES string of the molecule is Cc1ccc(C(=O)CN(C)CCCCCO)c(C)c1. The zero-order chi connectivity index (χ0) is 14.3. The molecular weight excluding hydrogens is 238 g/mol. The number of aryl methyl sites for hydroxylation is 2. The average molecular weight is 263 g/mol. The largest absolute Gasteiger partial charge is 0.396 e. The molecule has 0 aliphatic heterocycles. The molecule has 0 atom stereocenters. The van der Waals surface area contributed by atoms with Crippen molar-refractivity contribution in [3.63, 3.8) is 0 Å². The molecule has 1 N–H and O–H groups in total. The molecule has 1 rings (SSSR count). The lowest BCUT2D eigenvalue weighted by atomic mass is 10.0. The van der Waals surface area contributed by atoms with Crippen molar-refractivity contribution in [2.24, 2.45) is 0 Å². The Bertz CT molecular complexity index is 415. The minimum absolute atomic E-state index is 0.183. The molecule has 1 aromatic rings. The minimum Gasteiger partial charge on any atom is -0.396 e. The van der Waals surface area contributed by atoms with Gasteiger partial charge < -0.3 is 5.11 Å². The molecule has 1 aromatic carbocycles. The Morgan fingerprint density at radius 1 is 1.21 bits per heavy atom. The van der Waals surface area contributed by atoms with Gasteiger partial charge in [-0.05, 0) is 52.3 Å². The zero-order valence-corrected chi connectivity index (χ0v) is 12.3. The summed E-state index contributed by atoms with van der Waals surface area (Å²) in [4.78, 5) is 14.2. The molecule has 0 fully saturated rings. The van der Waals surface area contributed by atoms with Crippen molar-refractivity contribution in [2.75, 3.05) is 26.7 Å². The van der Waals surface area contributed by atoms with Crippen LogP contribution in [0.3, 0.4) is 0 Å². The number of carbonyl (C=O) groups is 1. The van der Waals surface area contributed by atoms with E-state index in [1.807, 2.05) is 33.0 Å². The third kappa shape index (κ3) is 5.53. The van der Waals surface area contributed by atoms with Crippen molar-refractivity contribution in [3.8, 4) is 0 Å². The van der Waals surface area contributed by atoms with Crippen LogP contribution in [-0.4, -0.2) is 42.5 Å². The number of ketones is 1. The summed E-state index contributed by atoms with van der Waals surface area (Å²) in [7, 11) is 1.97. The van der Waals surface area contributed by atoms with Crippen LogP contribution in [0.5, 0.6) is 0 Å². The Balaban J connectivity index is 2.45. The zero-order valence-electron chi connectivity index (χ0n) is 12.3. The molecule has 0 bridgehead atoms. The third-order valence-corrected chi connectivity index (χ3v) is 3.29. The highest BCUT2D eigenvalue weighted by molar-refractivity contribution is 5.98. The fourth-order valence-corrected chi connectivity index (χ4v) is 2.21. The predicted octanol–water partition coefficient (Wildman–Crippen LogP) is 2.58. The number of hydrogen-bond acceptors (Lipinski definition) is 3. The number of benzene rings is 1. The summed E-state index contributed by atoms with van der Waals surface area (Å²) >= 11 is 0. The predicted molar refractivity (Wildman–Crippen MR) is 78.7 cm³/mol. The number of unbranched alkanes of at least 4 members (excludes halogenated alkanes) is 2. The van der Waals surface area contributed by atoms with E-state index in [2.05, 4.69) is 11.0 Å². The molecule has 3 nitrogen and oxygen atoms in total. The highest BCUT2D eigenvalue weighted by Crippen LogP contribution is 2.11. The second-order valence-electron chi connectivity index (χ2n) is 5.26. The van der Waals surface area contributed by atoms with Gasteiger partial charge in [-0.15, -0.1) is 0 Å². The molecule has 0 radical (unpaired) electrons. The lowest BCUT2D eigenvalue weighted by Gasteiger charge is -2.16. The molecule has 106 valence electrons. The van der Waals surface area contributed by atoms with Crippen LogP contribution >= 0.6 is 0 Å². The lowest BCUT2D eigenvalue weighted by molar-refractivity contribution is 0.0944. The monoisotopic (exact) mass is 263 g/mol. The maximum Gasteiger partial charge on any atom is 0.177 e. The van der Waals surface area contributed by atoms with Gasteiger partial charge in [0.25, 0.3) is 0 Å². The van der Waals surface area contributed by atoms with E-state index in [0.717, 1.165) is 36.9 Å². The summed E-state index contributed by atoms with van der Waals surface area (Å²) in [6.07, 6.45) is 2.88. The molecule has 0 unspecified atom stereocenters. The fourth-order valence-electron chi connectivity index (χ4n) is 2.21. The van der Waals surface area contributed by atoms with Crippen LogP contribution in [0.15, 0.2) is 18.2 Å². The van der Waals surface area contributed by atoms with Crippen molar-refractivity contribution in [2.45, 2.75) is 33.1 Å². The third-order valence-electron chi connectivity index (χ3n) is 3.29. The van der Waals surface area contributed by atoms with Crippen molar-refractivity contribution in [1.82, 2.24) is 4.90 Å². The first-order valence-corrected chi connectivity index (χ1v) is 6.94. The number of rotatable bonds is 8. The Labute approximate surface area is 116 Å². The Morgan fingerprint density at radius 2 is 1.95 bits per heavy atom. The van der Waals surface area contributed by atoms with Gasteiger partial charge in [0, 0.05) is 12.2 Å². The molecule has 0 saturated carbocycles. The second-order valence-corrected chi connectivity index (χ2v) is 5.26. The van der Waals surface area contributed by atoms with E-state index in [-0.39, 0.29) is 12.4 Å². The van der Waals surface area contributed by atoms with Gasteiger partial charge in [-0.2, -0.15) is 0 Å². The van der Waals surface area contributed by atoms with E-state index in [0.29, 0.717) is 6.54 Å². The number of aliphatic hydroxyl groups excluding tert-OH is 1. The van der Waals surface area contributed by atoms with Crippen molar-refractivity contribution >= 4 is 5.78 Å². The molecule has 3 heteroatoms. The maximum atomic E-state index is 12.2. The van der Waals surface area contributed by atoms with E-state index in [1.165, 1.54) is 5.56 Å². The molecule has 0 heterocycles. The Morgan fingerprint density at radius 3 is 2.58 bits per heavy atom. The molecule has 0 amide bonds. The second kappa shape index (κ2) is 8.08. The van der Waals surface area contributed by atoms with Gasteiger partial charge in [-0.1, -0.05) is 23.8 Å². The van der Waals surface area contributed by atoms with Gasteiger partial charge >= 0.3 is 0 Å². The van der Waals surface area contributed by atoms with Crippen LogP contribution < -0.4 is 0 Å². The first kappa shape index (κ1) is 15.9. The van der Waals surface area contributed by atoms with E-state index in [1.54, 1.807) is 0 Å². The molecule has 19 heavy (non-hydrogen) atoms. The van der Waals surface area contributed by atoms with Crippen molar-refractivity contribution in [1.29, 1.82) is 0 Å². The van der Waals surface area contributed by atoms with Gasteiger partial charge in [-0.25, -0.2) is 0 Å². The highest BCUT2D eigenvalue weighted by Gasteiger charge is 2.11. The van der Waals surface area contributed by atoms with Crippen LogP contribution in [0.1, 0.15) is 40.7 Å². The molecule has 0 spiro atoms. The van der Waals surface area contributed by atoms with Crippen LogP contribution in [0, 0.1) is 13.8 Å². The van der Waals surface area contributed by atoms with Gasteiger partial charge in [0.05, 0.1) is 6.54 Å². The van der Waals surface area contributed by atoms with Gasteiger partial charge in [0.2, 0.25) is 0 Å². The summed E-state index contributed by atoms with van der Waals surface area (Å²) < 4.78 is 0. The smallest absolute Gasteiger partial charge is 0.177 e. The Hall–Kier alpha value is -1.19. The molecule has 0 aliphatic rings. The molecule has 0 saturated heterocycles. The first-order chi connectivity index (χ1) is 9.04. The standard InChI is InChI=1S/C16H25NO2/c1-13-7-8-15(14(2)11-13)16(19)12-17(3)9-5-4-6-10-18/h7-8,11,18H,4-6,9-10,12H2,1-3H3. The quantitative estimate of drug-likeness (QED) is 0.579. The van der Waals surface area contributed by atoms with Crippen molar-refractivity contribution < 1.29 is 9.90 Å². The van der Waals surface area contributed by atoms with Gasteiger partial charge in [-0.3, -0.25) is 9.69 Å². The maximum absolute atomic E-state index is 12.2.